The van der Waals surface area contributed by atoms with Crippen molar-refractivity contribution in [3.63, 3.8) is 0 Å². The number of carbonyl (C=O) groups is 2. The van der Waals surface area contributed by atoms with E-state index in [1.807, 2.05) is 0 Å². The lowest BCUT2D eigenvalue weighted by Gasteiger charge is -2.23. The molecule has 0 spiro atoms. The van der Waals surface area contributed by atoms with E-state index in [-0.39, 0.29) is 18.2 Å². The van der Waals surface area contributed by atoms with Crippen molar-refractivity contribution in [2.75, 3.05) is 25.0 Å². The van der Waals surface area contributed by atoms with E-state index in [0.29, 0.717) is 13.0 Å². The summed E-state index contributed by atoms with van der Waals surface area (Å²) in [6.07, 6.45) is -2.54. The summed E-state index contributed by atoms with van der Waals surface area (Å²) in [5.74, 6) is -2.66. The molecule has 0 bridgehead atoms. The van der Waals surface area contributed by atoms with Crippen molar-refractivity contribution in [2.24, 2.45) is 11.3 Å². The highest BCUT2D eigenvalue weighted by Gasteiger charge is 2.55. The summed E-state index contributed by atoms with van der Waals surface area (Å²) < 4.78 is 54.6. The highest BCUT2D eigenvalue weighted by atomic mass is 19.4. The summed E-state index contributed by atoms with van der Waals surface area (Å²) in [6, 6.07) is 2.49. The molecule has 2 amide bonds. The summed E-state index contributed by atoms with van der Waals surface area (Å²) in [5.41, 5.74) is -0.893. The monoisotopic (exact) mass is 390 g/mol. The molecule has 1 aliphatic carbocycles. The zero-order valence-corrected chi connectivity index (χ0v) is 14.2. The first kappa shape index (κ1) is 19.2. The molecule has 1 saturated carbocycles. The van der Waals surface area contributed by atoms with Gasteiger partial charge in [-0.1, -0.05) is 6.42 Å². The minimum absolute atomic E-state index is 0.0401. The van der Waals surface area contributed by atoms with Gasteiger partial charge in [-0.3, -0.25) is 4.79 Å². The van der Waals surface area contributed by atoms with Gasteiger partial charge in [0.25, 0.3) is 0 Å². The second-order valence-corrected chi connectivity index (χ2v) is 6.91. The number of hydrogen-bond acceptors (Lipinski definition) is 3. The number of rotatable bonds is 4. The number of aliphatic carboxylic acids is 1. The Bertz CT molecular complexity index is 755. The number of alkyl halides is 3. The third-order valence-corrected chi connectivity index (χ3v) is 5.16. The zero-order chi connectivity index (χ0) is 19.8. The van der Waals surface area contributed by atoms with E-state index in [2.05, 4.69) is 10.1 Å². The van der Waals surface area contributed by atoms with Crippen LogP contribution in [0.2, 0.25) is 0 Å². The van der Waals surface area contributed by atoms with E-state index in [4.69, 9.17) is 0 Å². The maximum atomic E-state index is 13.9. The zero-order valence-electron chi connectivity index (χ0n) is 14.2. The van der Waals surface area contributed by atoms with Crippen molar-refractivity contribution in [1.82, 2.24) is 4.90 Å². The number of ether oxygens (including phenoxy) is 1. The summed E-state index contributed by atoms with van der Waals surface area (Å²) >= 11 is 0. The number of urea groups is 1. The maximum absolute atomic E-state index is 13.9. The number of fused-ring (bicyclic) bond motifs is 1. The van der Waals surface area contributed by atoms with Gasteiger partial charge in [-0.2, -0.15) is 13.2 Å². The Morgan fingerprint density at radius 1 is 1.37 bits per heavy atom. The van der Waals surface area contributed by atoms with Crippen LogP contribution in [0.4, 0.5) is 28.0 Å². The fraction of sp³-hybridized carbons (Fsp3) is 0.529. The van der Waals surface area contributed by atoms with Crippen molar-refractivity contribution < 1.29 is 37.0 Å². The van der Waals surface area contributed by atoms with Crippen molar-refractivity contribution >= 4 is 17.7 Å². The van der Waals surface area contributed by atoms with Gasteiger partial charge in [-0.25, -0.2) is 9.18 Å². The number of benzene rings is 1. The van der Waals surface area contributed by atoms with Crippen LogP contribution in [-0.2, 0) is 4.79 Å². The normalized spacial score (nSPS) is 24.6. The Morgan fingerprint density at radius 2 is 2.11 bits per heavy atom. The quantitative estimate of drug-likeness (QED) is 0.772. The Hall–Kier alpha value is -2.52. The lowest BCUT2D eigenvalue weighted by molar-refractivity contribution is -0.154. The predicted octanol–water partition coefficient (Wildman–Crippen LogP) is 3.49. The molecule has 2 atom stereocenters. The van der Waals surface area contributed by atoms with Crippen LogP contribution in [0.15, 0.2) is 18.2 Å². The average Bonchev–Trinajstić information content (AvgIpc) is 3.11. The van der Waals surface area contributed by atoms with Gasteiger partial charge >= 0.3 is 18.2 Å². The molecule has 2 aliphatic rings. The van der Waals surface area contributed by atoms with E-state index in [1.165, 1.54) is 11.0 Å². The molecule has 0 aromatic heterocycles. The Balaban J connectivity index is 1.63. The molecule has 2 fully saturated rings. The molecule has 1 aromatic carbocycles. The second-order valence-electron chi connectivity index (χ2n) is 6.91. The molecule has 2 N–H and O–H groups in total. The van der Waals surface area contributed by atoms with E-state index >= 15 is 0 Å². The standard InChI is InChI=1S/C17H18F4N2O4/c18-12-6-11(3-4-13(12)27-9-17(19,20)21)22-15(26)23-7-10-2-1-5-16(10,8-23)14(24)25/h3-4,6,10H,1-2,5,7-9H2,(H,22,26)(H,24,25)/t10-,16+/m0/s1. The smallest absolute Gasteiger partial charge is 0.422 e. The van der Waals surface area contributed by atoms with E-state index in [9.17, 15) is 32.3 Å². The lowest BCUT2D eigenvalue weighted by Crippen LogP contribution is -2.38. The Morgan fingerprint density at radius 3 is 2.70 bits per heavy atom. The van der Waals surface area contributed by atoms with Gasteiger partial charge in [-0.15, -0.1) is 0 Å². The van der Waals surface area contributed by atoms with Crippen LogP contribution in [-0.4, -0.2) is 47.9 Å². The molecule has 1 aromatic rings. The minimum Gasteiger partial charge on any atom is -0.481 e. The largest absolute Gasteiger partial charge is 0.481 e. The number of carboxylic acids is 1. The number of anilines is 1. The predicted molar refractivity (Wildman–Crippen MR) is 86.0 cm³/mol. The highest BCUT2D eigenvalue weighted by Crippen LogP contribution is 2.48. The summed E-state index contributed by atoms with van der Waals surface area (Å²) in [4.78, 5) is 25.4. The first-order valence-corrected chi connectivity index (χ1v) is 8.39. The molecule has 6 nitrogen and oxygen atoms in total. The number of nitrogens with zero attached hydrogens (tertiary/aromatic N) is 1. The van der Waals surface area contributed by atoms with Gasteiger partial charge in [0, 0.05) is 24.8 Å². The molecule has 27 heavy (non-hydrogen) atoms. The summed E-state index contributed by atoms with van der Waals surface area (Å²) in [7, 11) is 0. The van der Waals surface area contributed by atoms with Crippen LogP contribution >= 0.6 is 0 Å². The third kappa shape index (κ3) is 3.93. The molecule has 0 unspecified atom stereocenters. The molecule has 0 radical (unpaired) electrons. The molecule has 1 saturated heterocycles. The number of likely N-dealkylation sites (tertiary alicyclic amines) is 1. The number of hydrogen-bond donors (Lipinski definition) is 2. The number of carbonyl (C=O) groups excluding carboxylic acids is 1. The molecule has 3 rings (SSSR count). The van der Waals surface area contributed by atoms with Gasteiger partial charge in [0.05, 0.1) is 5.41 Å². The molecule has 10 heteroatoms. The minimum atomic E-state index is -4.59. The van der Waals surface area contributed by atoms with E-state index in [1.54, 1.807) is 0 Å². The van der Waals surface area contributed by atoms with Crippen LogP contribution < -0.4 is 10.1 Å². The summed E-state index contributed by atoms with van der Waals surface area (Å²) in [6.45, 7) is -1.25. The number of amides is 2. The summed E-state index contributed by atoms with van der Waals surface area (Å²) in [5, 5.41) is 12.0. The van der Waals surface area contributed by atoms with Crippen LogP contribution in [0.5, 0.6) is 5.75 Å². The van der Waals surface area contributed by atoms with Gasteiger partial charge < -0.3 is 20.1 Å². The Kier molecular flexibility index (Phi) is 4.92. The highest BCUT2D eigenvalue weighted by molar-refractivity contribution is 5.90. The molecular weight excluding hydrogens is 372 g/mol. The van der Waals surface area contributed by atoms with Crippen LogP contribution in [0, 0.1) is 17.2 Å². The SMILES string of the molecule is O=C(Nc1ccc(OCC(F)(F)F)c(F)c1)N1C[C@@H]2CCC[C@@]2(C(=O)O)C1. The van der Waals surface area contributed by atoms with Crippen molar-refractivity contribution in [3.8, 4) is 5.75 Å². The molecule has 148 valence electrons. The average molecular weight is 390 g/mol. The lowest BCUT2D eigenvalue weighted by atomic mass is 9.81. The fourth-order valence-electron chi connectivity index (χ4n) is 3.85. The van der Waals surface area contributed by atoms with Gasteiger partial charge in [0.15, 0.2) is 18.2 Å². The molecular formula is C17H18F4N2O4. The third-order valence-electron chi connectivity index (χ3n) is 5.16. The maximum Gasteiger partial charge on any atom is 0.422 e. The molecule has 1 aliphatic heterocycles. The Labute approximate surface area is 152 Å². The first-order valence-electron chi connectivity index (χ1n) is 8.39. The van der Waals surface area contributed by atoms with E-state index < -0.39 is 41.8 Å². The fourth-order valence-corrected chi connectivity index (χ4v) is 3.85. The van der Waals surface area contributed by atoms with Gasteiger partial charge in [0.2, 0.25) is 0 Å². The van der Waals surface area contributed by atoms with Crippen molar-refractivity contribution in [2.45, 2.75) is 25.4 Å². The van der Waals surface area contributed by atoms with Crippen LogP contribution in [0.1, 0.15) is 19.3 Å². The second kappa shape index (κ2) is 6.90. The van der Waals surface area contributed by atoms with Crippen molar-refractivity contribution in [1.29, 1.82) is 0 Å². The van der Waals surface area contributed by atoms with E-state index in [0.717, 1.165) is 25.0 Å². The van der Waals surface area contributed by atoms with Gasteiger partial charge in [-0.05, 0) is 30.9 Å². The van der Waals surface area contributed by atoms with Gasteiger partial charge in [0.1, 0.15) is 0 Å². The topological polar surface area (TPSA) is 78.9 Å². The number of nitrogens with one attached hydrogen (secondary N) is 1. The number of halogens is 4. The van der Waals surface area contributed by atoms with Crippen LogP contribution in [0.3, 0.4) is 0 Å². The van der Waals surface area contributed by atoms with Crippen LogP contribution in [0.25, 0.3) is 0 Å². The number of carboxylic acid groups (broad SMARTS) is 1. The van der Waals surface area contributed by atoms with Crippen molar-refractivity contribution in [3.05, 3.63) is 24.0 Å². The molecule has 1 heterocycles. The first-order chi connectivity index (χ1) is 12.6.